The molecule has 0 heterocycles. The van der Waals surface area contributed by atoms with Gasteiger partial charge in [-0.05, 0) is 48.5 Å². The Hall–Kier alpha value is -2.72. The highest BCUT2D eigenvalue weighted by Gasteiger charge is 2.33. The summed E-state index contributed by atoms with van der Waals surface area (Å²) in [5.41, 5.74) is 0. The second-order valence-electron chi connectivity index (χ2n) is 5.04. The molecular weight excluding hydrogens is 384 g/mol. The van der Waals surface area contributed by atoms with Gasteiger partial charge in [0, 0.05) is 13.8 Å². The van der Waals surface area contributed by atoms with E-state index in [4.69, 9.17) is 9.47 Å². The molecule has 2 aromatic rings. The minimum absolute atomic E-state index is 0.0829. The van der Waals surface area contributed by atoms with Gasteiger partial charge in [-0.15, -0.1) is 0 Å². The first kappa shape index (κ1) is 19.6. The summed E-state index contributed by atoms with van der Waals surface area (Å²) < 4.78 is 59.4. The van der Waals surface area contributed by atoms with Crippen LogP contribution >= 0.6 is 0 Å². The summed E-state index contributed by atoms with van der Waals surface area (Å²) >= 11 is 0. The summed E-state index contributed by atoms with van der Waals surface area (Å²) in [7, 11) is -9.50. The maximum absolute atomic E-state index is 12.5. The molecule has 10 heteroatoms. The highest BCUT2D eigenvalue weighted by Crippen LogP contribution is 2.27. The Morgan fingerprint density at radius 2 is 0.885 bits per heavy atom. The maximum Gasteiger partial charge on any atom is 0.308 e. The Kier molecular flexibility index (Phi) is 5.47. The Morgan fingerprint density at radius 1 is 0.615 bits per heavy atom. The molecule has 0 aromatic heterocycles. The van der Waals surface area contributed by atoms with Crippen molar-refractivity contribution >= 4 is 29.7 Å². The van der Waals surface area contributed by atoms with Crippen LogP contribution < -0.4 is 9.47 Å². The van der Waals surface area contributed by atoms with Crippen LogP contribution in [-0.4, -0.2) is 28.8 Å². The standard InChI is InChI=1S/C16H14O8S2/c1-11(17)23-13-3-7-15(8-4-13)25(19,20)26(21,22)16-9-5-14(6-10-16)24-12(2)18/h3-10H,1-2H3. The SMILES string of the molecule is CC(=O)Oc1ccc(S(=O)(=O)S(=O)(=O)c2ccc(OC(C)=O)cc2)cc1. The van der Waals surface area contributed by atoms with Gasteiger partial charge in [-0.2, -0.15) is 0 Å². The predicted octanol–water partition coefficient (Wildman–Crippen LogP) is 1.70. The molecule has 0 saturated carbocycles. The first-order valence-corrected chi connectivity index (χ1v) is 10.6. The number of carbonyl (C=O) groups is 2. The zero-order valence-corrected chi connectivity index (χ0v) is 15.3. The van der Waals surface area contributed by atoms with Crippen LogP contribution in [0.1, 0.15) is 13.8 Å². The van der Waals surface area contributed by atoms with E-state index in [1.54, 1.807) is 0 Å². The number of ether oxygens (including phenoxy) is 2. The summed E-state index contributed by atoms with van der Waals surface area (Å²) in [6.07, 6.45) is 0. The van der Waals surface area contributed by atoms with Crippen molar-refractivity contribution in [2.45, 2.75) is 23.6 Å². The second kappa shape index (κ2) is 7.26. The molecule has 2 rings (SSSR count). The molecule has 26 heavy (non-hydrogen) atoms. The van der Waals surface area contributed by atoms with E-state index in [-0.39, 0.29) is 11.5 Å². The molecular formula is C16H14O8S2. The second-order valence-corrected chi connectivity index (χ2v) is 10.4. The lowest BCUT2D eigenvalue weighted by atomic mass is 10.3. The molecule has 0 atom stereocenters. The van der Waals surface area contributed by atoms with Crippen molar-refractivity contribution < 1.29 is 35.9 Å². The van der Waals surface area contributed by atoms with Crippen molar-refractivity contribution in [3.63, 3.8) is 0 Å². The fourth-order valence-electron chi connectivity index (χ4n) is 1.93. The normalized spacial score (nSPS) is 11.6. The number of hydrogen-bond donors (Lipinski definition) is 0. The summed E-state index contributed by atoms with van der Waals surface area (Å²) in [5.74, 6) is -1.03. The van der Waals surface area contributed by atoms with Gasteiger partial charge in [0.1, 0.15) is 11.5 Å². The molecule has 2 aromatic carbocycles. The molecule has 138 valence electrons. The van der Waals surface area contributed by atoms with Crippen molar-refractivity contribution in [1.82, 2.24) is 0 Å². The summed E-state index contributed by atoms with van der Waals surface area (Å²) in [4.78, 5) is 20.8. The summed E-state index contributed by atoms with van der Waals surface area (Å²) in [6.45, 7) is 2.35. The summed E-state index contributed by atoms with van der Waals surface area (Å²) in [5, 5.41) is 0. The minimum Gasteiger partial charge on any atom is -0.427 e. The molecule has 0 radical (unpaired) electrons. The van der Waals surface area contributed by atoms with Crippen molar-refractivity contribution in [1.29, 1.82) is 0 Å². The van der Waals surface area contributed by atoms with Crippen molar-refractivity contribution in [2.75, 3.05) is 0 Å². The van der Waals surface area contributed by atoms with Crippen LogP contribution in [0.25, 0.3) is 0 Å². The first-order chi connectivity index (χ1) is 12.0. The number of carbonyl (C=O) groups excluding carboxylic acids is 2. The predicted molar refractivity (Wildman–Crippen MR) is 89.9 cm³/mol. The van der Waals surface area contributed by atoms with Gasteiger partial charge < -0.3 is 9.47 Å². The van der Waals surface area contributed by atoms with Gasteiger partial charge in [0.2, 0.25) is 0 Å². The zero-order valence-electron chi connectivity index (χ0n) is 13.7. The Bertz CT molecular complexity index is 947. The monoisotopic (exact) mass is 398 g/mol. The van der Waals surface area contributed by atoms with Crippen LogP contribution in [-0.2, 0) is 27.3 Å². The van der Waals surface area contributed by atoms with Crippen LogP contribution in [0, 0.1) is 0 Å². The molecule has 0 spiro atoms. The molecule has 0 aliphatic carbocycles. The van der Waals surface area contributed by atoms with Crippen molar-refractivity contribution in [3.05, 3.63) is 48.5 Å². The quantitative estimate of drug-likeness (QED) is 0.424. The van der Waals surface area contributed by atoms with Gasteiger partial charge in [-0.1, -0.05) is 0 Å². The topological polar surface area (TPSA) is 121 Å². The van der Waals surface area contributed by atoms with E-state index in [1.807, 2.05) is 0 Å². The lowest BCUT2D eigenvalue weighted by molar-refractivity contribution is -0.132. The molecule has 0 fully saturated rings. The average Bonchev–Trinajstić information content (AvgIpc) is 2.54. The van der Waals surface area contributed by atoms with Gasteiger partial charge in [0.15, 0.2) is 0 Å². The van der Waals surface area contributed by atoms with Crippen LogP contribution in [0.2, 0.25) is 0 Å². The number of hydrogen-bond acceptors (Lipinski definition) is 8. The molecule has 0 bridgehead atoms. The van der Waals surface area contributed by atoms with Gasteiger partial charge in [-0.3, -0.25) is 9.59 Å². The Labute approximate surface area is 149 Å². The highest BCUT2D eigenvalue weighted by molar-refractivity contribution is 8.67. The van der Waals surface area contributed by atoms with Gasteiger partial charge >= 0.3 is 11.9 Å². The van der Waals surface area contributed by atoms with Gasteiger partial charge in [-0.25, -0.2) is 16.8 Å². The van der Waals surface area contributed by atoms with Crippen LogP contribution in [0.5, 0.6) is 11.5 Å². The van der Waals surface area contributed by atoms with Crippen LogP contribution in [0.15, 0.2) is 58.3 Å². The van der Waals surface area contributed by atoms with Crippen LogP contribution in [0.4, 0.5) is 0 Å². The van der Waals surface area contributed by atoms with E-state index in [0.717, 1.165) is 24.3 Å². The van der Waals surface area contributed by atoms with Crippen molar-refractivity contribution in [2.24, 2.45) is 0 Å². The molecule has 0 N–H and O–H groups in total. The third-order valence-corrected chi connectivity index (χ3v) is 8.20. The Morgan fingerprint density at radius 3 is 1.12 bits per heavy atom. The van der Waals surface area contributed by atoms with Gasteiger partial charge in [0.25, 0.3) is 17.7 Å². The molecule has 0 unspecified atom stereocenters. The Balaban J connectivity index is 2.37. The first-order valence-electron chi connectivity index (χ1n) is 7.11. The fraction of sp³-hybridized carbons (Fsp3) is 0.125. The summed E-state index contributed by atoms with van der Waals surface area (Å²) in [6, 6.07) is 8.80. The largest absolute Gasteiger partial charge is 0.427 e. The average molecular weight is 398 g/mol. The number of rotatable bonds is 5. The van der Waals surface area contributed by atoms with E-state index < -0.39 is 39.5 Å². The van der Waals surface area contributed by atoms with Crippen molar-refractivity contribution in [3.8, 4) is 11.5 Å². The molecule has 0 amide bonds. The molecule has 0 saturated heterocycles. The van der Waals surface area contributed by atoms with Gasteiger partial charge in [0.05, 0.1) is 9.79 Å². The highest BCUT2D eigenvalue weighted by atomic mass is 33.2. The van der Waals surface area contributed by atoms with E-state index in [9.17, 15) is 26.4 Å². The third kappa shape index (κ3) is 4.09. The molecule has 0 aliphatic heterocycles. The number of esters is 2. The maximum atomic E-state index is 12.5. The minimum atomic E-state index is -4.75. The molecule has 0 aliphatic rings. The van der Waals surface area contributed by atoms with E-state index in [0.29, 0.717) is 0 Å². The smallest absolute Gasteiger partial charge is 0.308 e. The zero-order chi connectivity index (χ0) is 19.5. The molecule has 8 nitrogen and oxygen atoms in total. The van der Waals surface area contributed by atoms with Crippen LogP contribution in [0.3, 0.4) is 0 Å². The van der Waals surface area contributed by atoms with E-state index in [1.165, 1.54) is 38.1 Å². The third-order valence-electron chi connectivity index (χ3n) is 3.04. The fourth-order valence-corrected chi connectivity index (χ4v) is 5.57. The number of benzene rings is 2. The van der Waals surface area contributed by atoms with E-state index in [2.05, 4.69) is 0 Å². The van der Waals surface area contributed by atoms with E-state index >= 15 is 0 Å². The lowest BCUT2D eigenvalue weighted by Crippen LogP contribution is -2.16. The lowest BCUT2D eigenvalue weighted by Gasteiger charge is -2.08.